The van der Waals surface area contributed by atoms with E-state index in [0.717, 1.165) is 19.3 Å². The molecule has 34 heavy (non-hydrogen) atoms. The minimum atomic E-state index is -3.54. The predicted octanol–water partition coefficient (Wildman–Crippen LogP) is 8.05. The molecule has 4 aromatic rings. The second kappa shape index (κ2) is 8.58. The Bertz CT molecular complexity index is 1910. The van der Waals surface area contributed by atoms with E-state index in [-0.39, 0.29) is 33.7 Å². The lowest BCUT2D eigenvalue weighted by Gasteiger charge is -2.22. The number of benzene rings is 2. The summed E-state index contributed by atoms with van der Waals surface area (Å²) < 4.78 is 109. The summed E-state index contributed by atoms with van der Waals surface area (Å²) in [5, 5.41) is 11.3. The number of nitriles is 1. The molecule has 3 heteroatoms. The molecule has 0 amide bonds. The standard InChI is InChI=1S/C31H35N2O/c1-18(2)26-16-28(33(6)21(5)20(26)4)29-19(3)12-13-25-27-15-23(22-10-8-7-9-11-22)14-24(17-32)30(27)34-31(25)29/h12-16,18,22H,7-11H2,1-6H3/q+1/i1D3,2D3,4D3,16D,18D,22D. The van der Waals surface area contributed by atoms with Crippen molar-refractivity contribution in [3.05, 3.63) is 63.8 Å². The largest absolute Gasteiger partial charge is 0.454 e. The Morgan fingerprint density at radius 2 is 1.97 bits per heavy atom. The van der Waals surface area contributed by atoms with E-state index in [9.17, 15) is 8.00 Å². The fourth-order valence-corrected chi connectivity index (χ4v) is 5.09. The molecule has 174 valence electrons. The van der Waals surface area contributed by atoms with Crippen molar-refractivity contribution in [2.75, 3.05) is 0 Å². The second-order valence-corrected chi connectivity index (χ2v) is 9.16. The minimum absolute atomic E-state index is 0.0317. The van der Waals surface area contributed by atoms with E-state index in [1.165, 1.54) is 18.5 Å². The second-order valence-electron chi connectivity index (χ2n) is 9.16. The Morgan fingerprint density at radius 3 is 2.68 bits per heavy atom. The van der Waals surface area contributed by atoms with Gasteiger partial charge in [-0.1, -0.05) is 45.1 Å². The van der Waals surface area contributed by atoms with Crippen LogP contribution in [0.3, 0.4) is 0 Å². The Kier molecular flexibility index (Phi) is 3.17. The lowest BCUT2D eigenvalue weighted by Crippen LogP contribution is -2.36. The summed E-state index contributed by atoms with van der Waals surface area (Å²) in [7, 11) is 1.49. The van der Waals surface area contributed by atoms with Crippen LogP contribution >= 0.6 is 0 Å². The summed E-state index contributed by atoms with van der Waals surface area (Å²) in [5.74, 6) is -4.33. The third-order valence-corrected chi connectivity index (χ3v) is 7.12. The molecule has 0 bridgehead atoms. The lowest BCUT2D eigenvalue weighted by atomic mass is 9.83. The van der Waals surface area contributed by atoms with Gasteiger partial charge in [0.25, 0.3) is 0 Å². The maximum absolute atomic E-state index is 10.1. The van der Waals surface area contributed by atoms with Gasteiger partial charge in [0.1, 0.15) is 18.7 Å². The summed E-state index contributed by atoms with van der Waals surface area (Å²) in [6.07, 6.45) is 4.16. The Balaban J connectivity index is 1.95. The van der Waals surface area contributed by atoms with Crippen LogP contribution in [-0.4, -0.2) is 0 Å². The van der Waals surface area contributed by atoms with Gasteiger partial charge in [0.05, 0.1) is 12.5 Å². The third-order valence-electron chi connectivity index (χ3n) is 7.12. The van der Waals surface area contributed by atoms with E-state index >= 15 is 0 Å². The van der Waals surface area contributed by atoms with Crippen molar-refractivity contribution in [1.29, 1.82) is 5.26 Å². The van der Waals surface area contributed by atoms with Gasteiger partial charge in [0.2, 0.25) is 5.69 Å². The van der Waals surface area contributed by atoms with Crippen LogP contribution in [0.4, 0.5) is 0 Å². The van der Waals surface area contributed by atoms with Crippen LogP contribution in [-0.2, 0) is 7.05 Å². The molecule has 0 N–H and O–H groups in total. The van der Waals surface area contributed by atoms with Crippen LogP contribution in [0.25, 0.3) is 33.2 Å². The SMILES string of the molecule is [2H]c1c(C([2H])(C([2H])([2H])[2H])C([2H])([2H])[2H])c(C([2H])([2H])[2H])c(C)[n+](C)c1-c1c(C)ccc2c1oc1c(C#N)cc(C3([2H])CCCCC3)cc12. The number of nitrogens with zero attached hydrogens (tertiary/aromatic N) is 2. The van der Waals surface area contributed by atoms with Crippen molar-refractivity contribution in [1.82, 2.24) is 0 Å². The lowest BCUT2D eigenvalue weighted by molar-refractivity contribution is -0.667. The van der Waals surface area contributed by atoms with Crippen molar-refractivity contribution in [3.63, 3.8) is 0 Å². The van der Waals surface area contributed by atoms with E-state index in [2.05, 4.69) is 6.07 Å². The molecule has 0 aliphatic heterocycles. The highest BCUT2D eigenvalue weighted by atomic mass is 16.3. The molecule has 0 atom stereocenters. The zero-order valence-corrected chi connectivity index (χ0v) is 19.6. The first-order valence-corrected chi connectivity index (χ1v) is 11.5. The van der Waals surface area contributed by atoms with Gasteiger partial charge >= 0.3 is 0 Å². The quantitative estimate of drug-likeness (QED) is 0.288. The molecule has 3 nitrogen and oxygen atoms in total. The number of aryl methyl sites for hydroxylation is 1. The number of fused-ring (bicyclic) bond motifs is 3. The molecule has 2 heterocycles. The van der Waals surface area contributed by atoms with Crippen LogP contribution in [0.2, 0.25) is 0 Å². The van der Waals surface area contributed by atoms with E-state index in [4.69, 9.17) is 18.1 Å². The molecule has 1 fully saturated rings. The number of aromatic nitrogens is 1. The predicted molar refractivity (Wildman–Crippen MR) is 139 cm³/mol. The first-order valence-electron chi connectivity index (χ1n) is 17.5. The number of rotatable bonds is 3. The maximum Gasteiger partial charge on any atom is 0.216 e. The summed E-state index contributed by atoms with van der Waals surface area (Å²) >= 11 is 0. The van der Waals surface area contributed by atoms with E-state index < -0.39 is 49.5 Å². The fourth-order valence-electron chi connectivity index (χ4n) is 5.09. The molecule has 1 aliphatic rings. The Labute approximate surface area is 219 Å². The van der Waals surface area contributed by atoms with Gasteiger partial charge < -0.3 is 4.42 Å². The summed E-state index contributed by atoms with van der Waals surface area (Å²) in [4.78, 5) is 0. The van der Waals surface area contributed by atoms with E-state index in [1.54, 1.807) is 25.1 Å². The molecule has 0 unspecified atom stereocenters. The minimum Gasteiger partial charge on any atom is -0.454 e. The smallest absolute Gasteiger partial charge is 0.216 e. The summed E-state index contributed by atoms with van der Waals surface area (Å²) in [5.41, 5.74) is 0.561. The monoisotopic (exact) mass is 463 g/mol. The van der Waals surface area contributed by atoms with Crippen LogP contribution in [0.1, 0.15) is 108 Å². The highest BCUT2D eigenvalue weighted by molar-refractivity contribution is 6.11. The molecule has 1 saturated carbocycles. The molecular weight excluding hydrogens is 416 g/mol. The van der Waals surface area contributed by atoms with Gasteiger partial charge in [0, 0.05) is 44.4 Å². The normalized spacial score (nSPS) is 22.4. The first kappa shape index (κ1) is 12.5. The Hall–Kier alpha value is -3.12. The van der Waals surface area contributed by atoms with Crippen molar-refractivity contribution in [2.45, 2.75) is 78.3 Å². The van der Waals surface area contributed by atoms with Crippen LogP contribution in [0.15, 0.2) is 34.7 Å². The van der Waals surface area contributed by atoms with Crippen molar-refractivity contribution >= 4 is 21.9 Å². The number of hydrogen-bond donors (Lipinski definition) is 0. The molecule has 1 aliphatic carbocycles. The van der Waals surface area contributed by atoms with Crippen LogP contribution < -0.4 is 4.57 Å². The number of furan rings is 1. The van der Waals surface area contributed by atoms with Crippen LogP contribution in [0, 0.1) is 32.0 Å². The average molecular weight is 464 g/mol. The van der Waals surface area contributed by atoms with Crippen molar-refractivity contribution in [2.24, 2.45) is 7.05 Å². The van der Waals surface area contributed by atoms with Gasteiger partial charge in [-0.15, -0.1) is 0 Å². The van der Waals surface area contributed by atoms with Gasteiger partial charge in [-0.05, 0) is 67.2 Å². The van der Waals surface area contributed by atoms with Crippen molar-refractivity contribution < 1.29 is 25.4 Å². The van der Waals surface area contributed by atoms with Crippen molar-refractivity contribution in [3.8, 4) is 17.3 Å². The van der Waals surface area contributed by atoms with Gasteiger partial charge in [-0.2, -0.15) is 9.83 Å². The zero-order chi connectivity index (χ0) is 34.4. The molecular formula is C31H35N2O+. The van der Waals surface area contributed by atoms with Gasteiger partial charge in [-0.3, -0.25) is 0 Å². The molecule has 0 saturated heterocycles. The van der Waals surface area contributed by atoms with E-state index in [0.29, 0.717) is 34.7 Å². The first-order chi connectivity index (χ1) is 21.1. The summed E-state index contributed by atoms with van der Waals surface area (Å²) in [6, 6.07) is 8.53. The highest BCUT2D eigenvalue weighted by Crippen LogP contribution is 2.42. The number of hydrogen-bond acceptors (Lipinski definition) is 2. The fraction of sp³-hybridized carbons (Fsp3) is 0.419. The van der Waals surface area contributed by atoms with Gasteiger partial charge in [0.15, 0.2) is 11.3 Å². The summed E-state index contributed by atoms with van der Waals surface area (Å²) in [6.45, 7) is -7.03. The third kappa shape index (κ3) is 3.52. The molecule has 0 radical (unpaired) electrons. The maximum atomic E-state index is 10.1. The zero-order valence-electron chi connectivity index (χ0n) is 31.6. The van der Waals surface area contributed by atoms with Gasteiger partial charge in [-0.25, -0.2) is 0 Å². The van der Waals surface area contributed by atoms with Crippen LogP contribution in [0.5, 0.6) is 0 Å². The molecule has 2 aromatic carbocycles. The molecule has 5 rings (SSSR count). The molecule has 0 spiro atoms. The number of pyridine rings is 1. The van der Waals surface area contributed by atoms with E-state index in [1.807, 2.05) is 6.07 Å². The highest BCUT2D eigenvalue weighted by Gasteiger charge is 2.26. The average Bonchev–Trinajstić information content (AvgIpc) is 3.32. The topological polar surface area (TPSA) is 40.8 Å². The Morgan fingerprint density at radius 1 is 1.18 bits per heavy atom. The molecule has 2 aromatic heterocycles.